The van der Waals surface area contributed by atoms with Crippen molar-refractivity contribution in [1.82, 2.24) is 10.0 Å². The molecule has 2 fully saturated rings. The van der Waals surface area contributed by atoms with Crippen LogP contribution in [0.1, 0.15) is 33.1 Å². The third kappa shape index (κ3) is 2.03. The quantitative estimate of drug-likeness (QED) is 0.740. The van der Waals surface area contributed by atoms with Crippen LogP contribution in [0.25, 0.3) is 0 Å². The summed E-state index contributed by atoms with van der Waals surface area (Å²) in [6, 6.07) is 0.173. The summed E-state index contributed by atoms with van der Waals surface area (Å²) in [5, 5.41) is 2.85. The first kappa shape index (κ1) is 12.0. The number of rotatable bonds is 2. The molecule has 0 N–H and O–H groups in total. The van der Waals surface area contributed by atoms with Crippen molar-refractivity contribution in [3.05, 3.63) is 0 Å². The number of fused-ring (bicyclic) bond motifs is 2. The topological polar surface area (TPSA) is 59.1 Å². The molecule has 1 saturated carbocycles. The van der Waals surface area contributed by atoms with Gasteiger partial charge in [-0.2, -0.15) is 0 Å². The van der Waals surface area contributed by atoms with E-state index in [-0.39, 0.29) is 12.1 Å². The number of nitrogens with zero attached hydrogens (tertiary/aromatic N) is 2. The second kappa shape index (κ2) is 4.81. The number of carbonyl (C=O) groups excluding carboxylic acids is 2. The van der Waals surface area contributed by atoms with Gasteiger partial charge in [0.2, 0.25) is 0 Å². The van der Waals surface area contributed by atoms with Crippen molar-refractivity contribution in [2.75, 3.05) is 13.2 Å². The summed E-state index contributed by atoms with van der Waals surface area (Å²) in [6.45, 7) is 4.12. The highest BCUT2D eigenvalue weighted by Gasteiger charge is 2.50. The summed E-state index contributed by atoms with van der Waals surface area (Å²) in [5.74, 6) is 0. The van der Waals surface area contributed by atoms with Gasteiger partial charge in [0.15, 0.2) is 0 Å². The molecule has 0 aromatic rings. The molecule has 1 aliphatic heterocycles. The average molecular weight is 242 g/mol. The predicted molar refractivity (Wildman–Crippen MR) is 59.1 cm³/mol. The lowest BCUT2D eigenvalue weighted by atomic mass is 10.2. The Morgan fingerprint density at radius 2 is 1.41 bits per heavy atom. The molecule has 0 radical (unpaired) electrons. The van der Waals surface area contributed by atoms with Crippen molar-refractivity contribution in [3.8, 4) is 0 Å². The fourth-order valence-corrected chi connectivity index (χ4v) is 2.58. The largest absolute Gasteiger partial charge is 0.448 e. The maximum Gasteiger partial charge on any atom is 0.429 e. The zero-order valence-corrected chi connectivity index (χ0v) is 10.2. The summed E-state index contributed by atoms with van der Waals surface area (Å²) < 4.78 is 9.95. The second-order valence-electron chi connectivity index (χ2n) is 4.21. The molecule has 2 atom stereocenters. The average Bonchev–Trinajstić information content (AvgIpc) is 2.89. The van der Waals surface area contributed by atoms with Gasteiger partial charge in [-0.15, -0.1) is 0 Å². The first-order valence-electron chi connectivity index (χ1n) is 6.10. The van der Waals surface area contributed by atoms with Crippen LogP contribution in [0, 0.1) is 0 Å². The molecule has 0 aromatic carbocycles. The first-order chi connectivity index (χ1) is 8.19. The van der Waals surface area contributed by atoms with E-state index in [9.17, 15) is 9.59 Å². The van der Waals surface area contributed by atoms with Crippen molar-refractivity contribution in [3.63, 3.8) is 0 Å². The summed E-state index contributed by atoms with van der Waals surface area (Å²) in [4.78, 5) is 23.6. The van der Waals surface area contributed by atoms with Crippen molar-refractivity contribution in [2.45, 2.75) is 45.2 Å². The number of carbonyl (C=O) groups is 2. The maximum absolute atomic E-state index is 11.8. The lowest BCUT2D eigenvalue weighted by molar-refractivity contribution is -0.0378. The number of hydrogen-bond donors (Lipinski definition) is 0. The van der Waals surface area contributed by atoms with Crippen molar-refractivity contribution in [1.29, 1.82) is 0 Å². The van der Waals surface area contributed by atoms with Gasteiger partial charge in [-0.25, -0.2) is 19.6 Å². The third-order valence-electron chi connectivity index (χ3n) is 3.21. The van der Waals surface area contributed by atoms with Crippen LogP contribution in [0.5, 0.6) is 0 Å². The molecule has 6 heteroatoms. The van der Waals surface area contributed by atoms with Crippen molar-refractivity contribution >= 4 is 12.2 Å². The molecule has 6 nitrogen and oxygen atoms in total. The van der Waals surface area contributed by atoms with Gasteiger partial charge in [0.05, 0.1) is 25.3 Å². The van der Waals surface area contributed by atoms with Crippen LogP contribution < -0.4 is 0 Å². The van der Waals surface area contributed by atoms with E-state index >= 15 is 0 Å². The predicted octanol–water partition coefficient (Wildman–Crippen LogP) is 1.75. The van der Waals surface area contributed by atoms with E-state index in [0.717, 1.165) is 19.3 Å². The van der Waals surface area contributed by atoms with Gasteiger partial charge in [-0.3, -0.25) is 0 Å². The molecule has 1 heterocycles. The molecule has 96 valence electrons. The summed E-state index contributed by atoms with van der Waals surface area (Å²) in [7, 11) is 0. The zero-order valence-electron chi connectivity index (χ0n) is 10.2. The molecule has 0 unspecified atom stereocenters. The van der Waals surface area contributed by atoms with Crippen LogP contribution in [0.3, 0.4) is 0 Å². The SMILES string of the molecule is CCOC(=O)N1[C@@H]2CC[C@@H](C2)N1C(=O)OCC. The van der Waals surface area contributed by atoms with E-state index in [4.69, 9.17) is 9.47 Å². The first-order valence-corrected chi connectivity index (χ1v) is 6.10. The van der Waals surface area contributed by atoms with Gasteiger partial charge in [0.1, 0.15) is 0 Å². The van der Waals surface area contributed by atoms with Crippen LogP contribution in [0.4, 0.5) is 9.59 Å². The summed E-state index contributed by atoms with van der Waals surface area (Å²) in [6.07, 6.45) is 1.79. The molecular formula is C11H18N2O4. The number of amides is 2. The number of hydrogen-bond acceptors (Lipinski definition) is 4. The Balaban J connectivity index is 2.11. The highest BCUT2D eigenvalue weighted by molar-refractivity contribution is 5.76. The van der Waals surface area contributed by atoms with Crippen LogP contribution in [-0.2, 0) is 9.47 Å². The van der Waals surface area contributed by atoms with Gasteiger partial charge in [0, 0.05) is 0 Å². The van der Waals surface area contributed by atoms with Gasteiger partial charge in [-0.1, -0.05) is 0 Å². The number of ether oxygens (including phenoxy) is 2. The smallest absolute Gasteiger partial charge is 0.429 e. The van der Waals surface area contributed by atoms with Gasteiger partial charge >= 0.3 is 12.2 Å². The fourth-order valence-electron chi connectivity index (χ4n) is 2.58. The Hall–Kier alpha value is -1.46. The minimum Gasteiger partial charge on any atom is -0.448 e. The minimum absolute atomic E-state index is 0.0865. The monoisotopic (exact) mass is 242 g/mol. The Morgan fingerprint density at radius 3 is 1.76 bits per heavy atom. The molecule has 2 aliphatic rings. The fraction of sp³-hybridized carbons (Fsp3) is 0.818. The molecule has 17 heavy (non-hydrogen) atoms. The highest BCUT2D eigenvalue weighted by Crippen LogP contribution is 2.38. The molecular weight excluding hydrogens is 224 g/mol. The molecule has 2 rings (SSSR count). The van der Waals surface area contributed by atoms with Crippen LogP contribution in [0.2, 0.25) is 0 Å². The summed E-state index contributed by atoms with van der Waals surface area (Å²) in [5.41, 5.74) is 0. The molecule has 2 amide bonds. The standard InChI is InChI=1S/C11H18N2O4/c1-3-16-10(14)12-8-5-6-9(7-8)13(12)11(15)17-4-2/h8-9H,3-7H2,1-2H3/t8-,9+. The lowest BCUT2D eigenvalue weighted by Crippen LogP contribution is -2.53. The van der Waals surface area contributed by atoms with Gasteiger partial charge in [0.25, 0.3) is 0 Å². The Bertz CT molecular complexity index is 291. The summed E-state index contributed by atoms with van der Waals surface area (Å²) >= 11 is 0. The van der Waals surface area contributed by atoms with Crippen molar-refractivity contribution in [2.24, 2.45) is 0 Å². The van der Waals surface area contributed by atoms with Crippen LogP contribution in [-0.4, -0.2) is 47.5 Å². The van der Waals surface area contributed by atoms with E-state index in [1.165, 1.54) is 10.0 Å². The normalized spacial score (nSPS) is 26.2. The van der Waals surface area contributed by atoms with Crippen molar-refractivity contribution < 1.29 is 19.1 Å². The number of hydrazine groups is 1. The lowest BCUT2D eigenvalue weighted by Gasteiger charge is -2.35. The Kier molecular flexibility index (Phi) is 3.40. The highest BCUT2D eigenvalue weighted by atomic mass is 16.6. The Labute approximate surface area is 100 Å². The minimum atomic E-state index is -0.451. The van der Waals surface area contributed by atoms with E-state index in [1.54, 1.807) is 13.8 Å². The maximum atomic E-state index is 11.8. The molecule has 0 aromatic heterocycles. The van der Waals surface area contributed by atoms with Crippen LogP contribution in [0.15, 0.2) is 0 Å². The second-order valence-corrected chi connectivity index (χ2v) is 4.21. The molecule has 1 saturated heterocycles. The van der Waals surface area contributed by atoms with E-state index in [2.05, 4.69) is 0 Å². The van der Waals surface area contributed by atoms with Gasteiger partial charge in [-0.05, 0) is 33.1 Å². The zero-order chi connectivity index (χ0) is 12.4. The molecule has 0 spiro atoms. The van der Waals surface area contributed by atoms with E-state index in [1.807, 2.05) is 0 Å². The van der Waals surface area contributed by atoms with E-state index < -0.39 is 12.2 Å². The van der Waals surface area contributed by atoms with Gasteiger partial charge < -0.3 is 9.47 Å². The molecule has 2 bridgehead atoms. The van der Waals surface area contributed by atoms with E-state index in [0.29, 0.717) is 13.2 Å². The molecule has 1 aliphatic carbocycles. The Morgan fingerprint density at radius 1 is 1.00 bits per heavy atom. The third-order valence-corrected chi connectivity index (χ3v) is 3.21. The van der Waals surface area contributed by atoms with Crippen LogP contribution >= 0.6 is 0 Å².